The van der Waals surface area contributed by atoms with Crippen LogP contribution in [0.4, 0.5) is 0 Å². The molecule has 0 aromatic carbocycles. The molecule has 2 rings (SSSR count). The van der Waals surface area contributed by atoms with Crippen LogP contribution >= 0.6 is 23.1 Å². The van der Waals surface area contributed by atoms with Gasteiger partial charge in [-0.05, 0) is 25.7 Å². The second-order valence-corrected chi connectivity index (χ2v) is 8.64. The molecule has 1 aromatic heterocycles. The standard InChI is InChI=1S/C15H25N3OS2/c1-10(2)13(21-15-18-17-11(3)20-15)14(19)16-12-8-6-4-5-7-9-12/h10,12-13H,4-9H2,1-3H3,(H,16,19). The number of thioether (sulfide) groups is 1. The third kappa shape index (κ3) is 5.25. The number of aryl methyl sites for hydroxylation is 1. The normalized spacial score (nSPS) is 18.5. The van der Waals surface area contributed by atoms with Crippen molar-refractivity contribution in [2.24, 2.45) is 5.92 Å². The van der Waals surface area contributed by atoms with Crippen LogP contribution in [0.2, 0.25) is 0 Å². The zero-order chi connectivity index (χ0) is 15.2. The van der Waals surface area contributed by atoms with Crippen molar-refractivity contribution in [1.29, 1.82) is 0 Å². The minimum Gasteiger partial charge on any atom is -0.352 e. The van der Waals surface area contributed by atoms with Crippen LogP contribution in [-0.4, -0.2) is 27.4 Å². The van der Waals surface area contributed by atoms with E-state index in [0.29, 0.717) is 6.04 Å². The fourth-order valence-corrected chi connectivity index (χ4v) is 4.67. The highest BCUT2D eigenvalue weighted by molar-refractivity contribution is 8.02. The predicted molar refractivity (Wildman–Crippen MR) is 88.8 cm³/mol. The van der Waals surface area contributed by atoms with Crippen molar-refractivity contribution in [2.45, 2.75) is 74.9 Å². The van der Waals surface area contributed by atoms with Crippen LogP contribution in [0.3, 0.4) is 0 Å². The van der Waals surface area contributed by atoms with Crippen LogP contribution in [0.15, 0.2) is 4.34 Å². The van der Waals surface area contributed by atoms with Crippen molar-refractivity contribution in [3.8, 4) is 0 Å². The molecule has 0 radical (unpaired) electrons. The molecule has 1 aliphatic rings. The monoisotopic (exact) mass is 327 g/mol. The van der Waals surface area contributed by atoms with E-state index in [9.17, 15) is 4.79 Å². The third-order valence-electron chi connectivity index (χ3n) is 3.80. The smallest absolute Gasteiger partial charge is 0.234 e. The Labute approximate surface area is 135 Å². The molecule has 1 aliphatic carbocycles. The first kappa shape index (κ1) is 16.7. The van der Waals surface area contributed by atoms with E-state index < -0.39 is 0 Å². The molecule has 118 valence electrons. The number of amides is 1. The van der Waals surface area contributed by atoms with Gasteiger partial charge in [-0.2, -0.15) is 0 Å². The first-order chi connectivity index (χ1) is 10.1. The number of carbonyl (C=O) groups is 1. The van der Waals surface area contributed by atoms with Gasteiger partial charge in [0.25, 0.3) is 0 Å². The molecule has 4 nitrogen and oxygen atoms in total. The van der Waals surface area contributed by atoms with Gasteiger partial charge in [-0.3, -0.25) is 4.79 Å². The molecule has 6 heteroatoms. The van der Waals surface area contributed by atoms with Crippen LogP contribution in [0.1, 0.15) is 57.4 Å². The maximum Gasteiger partial charge on any atom is 0.234 e. The van der Waals surface area contributed by atoms with Crippen LogP contribution in [-0.2, 0) is 4.79 Å². The van der Waals surface area contributed by atoms with E-state index in [4.69, 9.17) is 0 Å². The van der Waals surface area contributed by atoms with Gasteiger partial charge in [0.15, 0.2) is 4.34 Å². The van der Waals surface area contributed by atoms with Gasteiger partial charge < -0.3 is 5.32 Å². The molecule has 0 bridgehead atoms. The largest absolute Gasteiger partial charge is 0.352 e. The Morgan fingerprint density at radius 3 is 2.43 bits per heavy atom. The van der Waals surface area contributed by atoms with Gasteiger partial charge in [-0.1, -0.05) is 62.6 Å². The Balaban J connectivity index is 1.94. The number of hydrogen-bond acceptors (Lipinski definition) is 5. The Morgan fingerprint density at radius 2 is 1.90 bits per heavy atom. The van der Waals surface area contributed by atoms with E-state index in [0.717, 1.165) is 22.2 Å². The molecular formula is C15H25N3OS2. The molecule has 1 unspecified atom stereocenters. The second kappa shape index (κ2) is 8.13. The highest BCUT2D eigenvalue weighted by Crippen LogP contribution is 2.31. The lowest BCUT2D eigenvalue weighted by Gasteiger charge is -2.23. The number of nitrogens with zero attached hydrogens (tertiary/aromatic N) is 2. The van der Waals surface area contributed by atoms with E-state index in [1.807, 2.05) is 6.92 Å². The fourth-order valence-electron chi connectivity index (χ4n) is 2.63. The van der Waals surface area contributed by atoms with Crippen molar-refractivity contribution < 1.29 is 4.79 Å². The number of aromatic nitrogens is 2. The zero-order valence-corrected chi connectivity index (χ0v) is 14.7. The van der Waals surface area contributed by atoms with E-state index in [1.165, 1.54) is 25.7 Å². The molecule has 1 saturated carbocycles. The van der Waals surface area contributed by atoms with Gasteiger partial charge in [-0.25, -0.2) is 0 Å². The van der Waals surface area contributed by atoms with E-state index >= 15 is 0 Å². The Morgan fingerprint density at radius 1 is 1.24 bits per heavy atom. The van der Waals surface area contributed by atoms with Crippen LogP contribution in [0.5, 0.6) is 0 Å². The Kier molecular flexibility index (Phi) is 6.48. The van der Waals surface area contributed by atoms with Gasteiger partial charge in [-0.15, -0.1) is 10.2 Å². The maximum atomic E-state index is 12.6. The summed E-state index contributed by atoms with van der Waals surface area (Å²) in [6, 6.07) is 0.359. The van der Waals surface area contributed by atoms with Gasteiger partial charge in [0, 0.05) is 6.04 Å². The molecule has 1 fully saturated rings. The zero-order valence-electron chi connectivity index (χ0n) is 13.1. The van der Waals surface area contributed by atoms with Crippen molar-refractivity contribution in [3.63, 3.8) is 0 Å². The van der Waals surface area contributed by atoms with Crippen molar-refractivity contribution in [3.05, 3.63) is 5.01 Å². The average molecular weight is 328 g/mol. The number of hydrogen-bond donors (Lipinski definition) is 1. The second-order valence-electron chi connectivity index (χ2n) is 6.07. The summed E-state index contributed by atoms with van der Waals surface area (Å²) in [4.78, 5) is 12.6. The summed E-state index contributed by atoms with van der Waals surface area (Å²) in [6.07, 6.45) is 7.33. The van der Waals surface area contributed by atoms with E-state index in [-0.39, 0.29) is 17.1 Å². The van der Waals surface area contributed by atoms with Crippen molar-refractivity contribution >= 4 is 29.0 Å². The van der Waals surface area contributed by atoms with Gasteiger partial charge in [0.1, 0.15) is 5.01 Å². The molecule has 21 heavy (non-hydrogen) atoms. The average Bonchev–Trinajstić information content (AvgIpc) is 2.68. The van der Waals surface area contributed by atoms with Crippen LogP contribution in [0, 0.1) is 12.8 Å². The van der Waals surface area contributed by atoms with Crippen LogP contribution in [0.25, 0.3) is 0 Å². The van der Waals surface area contributed by atoms with E-state index in [1.54, 1.807) is 23.1 Å². The summed E-state index contributed by atoms with van der Waals surface area (Å²) in [5.41, 5.74) is 0. The minimum absolute atomic E-state index is 0.0828. The topological polar surface area (TPSA) is 54.9 Å². The Hall–Kier alpha value is -0.620. The summed E-state index contributed by atoms with van der Waals surface area (Å²) >= 11 is 3.11. The molecule has 0 spiro atoms. The summed E-state index contributed by atoms with van der Waals surface area (Å²) in [6.45, 7) is 6.13. The molecule has 1 heterocycles. The quantitative estimate of drug-likeness (QED) is 0.660. The number of carbonyl (C=O) groups excluding carboxylic acids is 1. The highest BCUT2D eigenvalue weighted by atomic mass is 32.2. The highest BCUT2D eigenvalue weighted by Gasteiger charge is 2.27. The summed E-state index contributed by atoms with van der Waals surface area (Å²) < 4.78 is 0.891. The predicted octanol–water partition coefficient (Wildman–Crippen LogP) is 3.80. The van der Waals surface area contributed by atoms with Gasteiger partial charge >= 0.3 is 0 Å². The minimum atomic E-state index is -0.0828. The fraction of sp³-hybridized carbons (Fsp3) is 0.800. The lowest BCUT2D eigenvalue weighted by atomic mass is 10.1. The lowest BCUT2D eigenvalue weighted by molar-refractivity contribution is -0.122. The maximum absolute atomic E-state index is 12.6. The Bertz CT molecular complexity index is 454. The van der Waals surface area contributed by atoms with Gasteiger partial charge in [0.05, 0.1) is 5.25 Å². The first-order valence-electron chi connectivity index (χ1n) is 7.83. The molecule has 0 saturated heterocycles. The molecule has 1 N–H and O–H groups in total. The van der Waals surface area contributed by atoms with Crippen molar-refractivity contribution in [2.75, 3.05) is 0 Å². The summed E-state index contributed by atoms with van der Waals surface area (Å²) in [5.74, 6) is 0.444. The SMILES string of the molecule is Cc1nnc(SC(C(=O)NC2CCCCCC2)C(C)C)s1. The number of rotatable bonds is 5. The first-order valence-corrected chi connectivity index (χ1v) is 9.53. The summed E-state index contributed by atoms with van der Waals surface area (Å²) in [7, 11) is 0. The number of nitrogens with one attached hydrogen (secondary N) is 1. The molecule has 1 aromatic rings. The molecule has 1 atom stereocenters. The molecule has 0 aliphatic heterocycles. The van der Waals surface area contributed by atoms with E-state index in [2.05, 4.69) is 29.4 Å². The lowest BCUT2D eigenvalue weighted by Crippen LogP contribution is -2.41. The van der Waals surface area contributed by atoms with Crippen molar-refractivity contribution in [1.82, 2.24) is 15.5 Å². The third-order valence-corrected chi connectivity index (χ3v) is 6.27. The molecular weight excluding hydrogens is 302 g/mol. The van der Waals surface area contributed by atoms with Gasteiger partial charge in [0.2, 0.25) is 5.91 Å². The molecule has 1 amide bonds. The van der Waals surface area contributed by atoms with Crippen LogP contribution < -0.4 is 5.32 Å². The summed E-state index contributed by atoms with van der Waals surface area (Å²) in [5, 5.41) is 12.3.